The number of hydrogen-bond acceptors (Lipinski definition) is 10. The molecule has 15 nitrogen and oxygen atoms in total. The maximum absolute atomic E-state index is 13.5. The number of nitrogens with two attached hydrogens (primary N) is 1. The van der Waals surface area contributed by atoms with Gasteiger partial charge in [-0.1, -0.05) is 47.0 Å². The van der Waals surface area contributed by atoms with E-state index in [2.05, 4.69) is 26.6 Å². The number of nitrogens with one attached hydrogen (secondary N) is 5. The fourth-order valence-electron chi connectivity index (χ4n) is 7.00. The lowest BCUT2D eigenvalue weighted by atomic mass is 9.78. The molecule has 0 heterocycles. The third-order valence-electron chi connectivity index (χ3n) is 10.2. The fraction of sp³-hybridized carbons (Fsp3) is 0.829. The monoisotopic (exact) mass is 710 g/mol. The SMILES string of the molecule is COC(=O)[C@@H](NC(=O)[C@@H](NC(=O)C1CCCC1CCCC1CCC[C@H](O)[C@H]1NC(=O)[C@H](C)NC(=O)[C@H](C)NC(=O)[C@@H](N)CO)C(C)C)C(C)C. The molecule has 0 saturated heterocycles. The maximum Gasteiger partial charge on any atom is 0.328 e. The van der Waals surface area contributed by atoms with Gasteiger partial charge in [0.1, 0.15) is 30.2 Å². The predicted octanol–water partition coefficient (Wildman–Crippen LogP) is 0.00240. The summed E-state index contributed by atoms with van der Waals surface area (Å²) in [5.41, 5.74) is 5.48. The van der Waals surface area contributed by atoms with Crippen LogP contribution in [-0.4, -0.2) is 102 Å². The predicted molar refractivity (Wildman–Crippen MR) is 186 cm³/mol. The highest BCUT2D eigenvalue weighted by molar-refractivity contribution is 5.93. The second-order valence-electron chi connectivity index (χ2n) is 14.8. The molecule has 2 saturated carbocycles. The first-order valence-corrected chi connectivity index (χ1v) is 18.2. The fourth-order valence-corrected chi connectivity index (χ4v) is 7.00. The van der Waals surface area contributed by atoms with Crippen LogP contribution in [0.4, 0.5) is 0 Å². The number of methoxy groups -OCH3 is 1. The molecule has 2 fully saturated rings. The van der Waals surface area contributed by atoms with Gasteiger partial charge in [-0.15, -0.1) is 0 Å². The van der Waals surface area contributed by atoms with Crippen molar-refractivity contribution < 1.29 is 43.7 Å². The third kappa shape index (κ3) is 12.5. The maximum atomic E-state index is 13.5. The van der Waals surface area contributed by atoms with Crippen LogP contribution in [0.5, 0.6) is 0 Å². The summed E-state index contributed by atoms with van der Waals surface area (Å²) in [6.45, 7) is 9.70. The topological polar surface area (TPSA) is 238 Å². The minimum Gasteiger partial charge on any atom is -0.467 e. The average molecular weight is 711 g/mol. The van der Waals surface area contributed by atoms with Crippen LogP contribution in [0.1, 0.15) is 99.3 Å². The summed E-state index contributed by atoms with van der Waals surface area (Å²) in [4.78, 5) is 76.5. The van der Waals surface area contributed by atoms with Gasteiger partial charge in [0.15, 0.2) is 0 Å². The molecule has 0 aliphatic heterocycles. The molecule has 15 heteroatoms. The van der Waals surface area contributed by atoms with E-state index < -0.39 is 78.6 Å². The highest BCUT2D eigenvalue weighted by Crippen LogP contribution is 2.37. The van der Waals surface area contributed by atoms with Gasteiger partial charge in [-0.05, 0) is 76.0 Å². The van der Waals surface area contributed by atoms with E-state index in [1.165, 1.54) is 21.0 Å². The molecule has 286 valence electrons. The molecule has 0 aromatic carbocycles. The first-order valence-electron chi connectivity index (χ1n) is 18.2. The summed E-state index contributed by atoms with van der Waals surface area (Å²) in [5, 5.41) is 33.5. The number of aliphatic hydroxyl groups excluding tert-OH is 2. The Kier molecular flexibility index (Phi) is 17.6. The van der Waals surface area contributed by atoms with Gasteiger partial charge in [0, 0.05) is 5.92 Å². The van der Waals surface area contributed by atoms with Crippen LogP contribution >= 0.6 is 0 Å². The number of esters is 1. The zero-order chi connectivity index (χ0) is 37.7. The molecule has 0 aromatic rings. The molecule has 0 spiro atoms. The zero-order valence-electron chi connectivity index (χ0n) is 30.8. The number of carbonyl (C=O) groups excluding carboxylic acids is 6. The summed E-state index contributed by atoms with van der Waals surface area (Å²) < 4.78 is 4.84. The van der Waals surface area contributed by atoms with E-state index in [9.17, 15) is 33.9 Å². The van der Waals surface area contributed by atoms with Crippen LogP contribution in [0.3, 0.4) is 0 Å². The second kappa shape index (κ2) is 20.5. The van der Waals surface area contributed by atoms with Crippen molar-refractivity contribution in [1.29, 1.82) is 0 Å². The lowest BCUT2D eigenvalue weighted by Crippen LogP contribution is -2.57. The lowest BCUT2D eigenvalue weighted by Gasteiger charge is -2.37. The van der Waals surface area contributed by atoms with Crippen molar-refractivity contribution in [3.05, 3.63) is 0 Å². The molecule has 0 radical (unpaired) electrons. The Hall–Kier alpha value is -3.30. The minimum atomic E-state index is -1.17. The quantitative estimate of drug-likeness (QED) is 0.0887. The van der Waals surface area contributed by atoms with Gasteiger partial charge in [-0.2, -0.15) is 0 Å². The van der Waals surface area contributed by atoms with Crippen molar-refractivity contribution in [3.8, 4) is 0 Å². The van der Waals surface area contributed by atoms with Gasteiger partial charge in [-0.3, -0.25) is 24.0 Å². The van der Waals surface area contributed by atoms with Crippen molar-refractivity contribution in [2.75, 3.05) is 13.7 Å². The van der Waals surface area contributed by atoms with Gasteiger partial charge < -0.3 is 47.3 Å². The van der Waals surface area contributed by atoms with Crippen LogP contribution in [0.15, 0.2) is 0 Å². The number of amides is 5. The molecule has 10 atom stereocenters. The molecule has 0 bridgehead atoms. The Balaban J connectivity index is 1.95. The third-order valence-corrected chi connectivity index (χ3v) is 10.2. The van der Waals surface area contributed by atoms with E-state index in [0.29, 0.717) is 6.42 Å². The van der Waals surface area contributed by atoms with E-state index in [-0.39, 0.29) is 35.5 Å². The number of aliphatic hydroxyl groups is 2. The van der Waals surface area contributed by atoms with E-state index in [1.54, 1.807) is 0 Å². The van der Waals surface area contributed by atoms with E-state index >= 15 is 0 Å². The van der Waals surface area contributed by atoms with Gasteiger partial charge in [-0.25, -0.2) is 4.79 Å². The van der Waals surface area contributed by atoms with Gasteiger partial charge in [0.2, 0.25) is 29.5 Å². The smallest absolute Gasteiger partial charge is 0.328 e. The van der Waals surface area contributed by atoms with Crippen LogP contribution < -0.4 is 32.3 Å². The standard InChI is InChI=1S/C35H62N6O9/c1-18(2)27(34(48)40-28(19(3)4)35(49)50-7)39-32(46)24-15-9-12-22(24)11-8-13-23-14-10-16-26(43)29(23)41-31(45)21(6)37-30(44)20(5)38-33(47)25(36)17-42/h18-29,42-43H,8-17,36H2,1-7H3,(H,37,44)(H,38,47)(H,39,46)(H,40,48)(H,41,45)/t20-,21-,22?,23?,24?,25-,26-,27-,28-,29-/m0/s1. The Labute approximate surface area is 296 Å². The highest BCUT2D eigenvalue weighted by Gasteiger charge is 2.38. The van der Waals surface area contributed by atoms with E-state index in [4.69, 9.17) is 15.6 Å². The Morgan fingerprint density at radius 1 is 0.720 bits per heavy atom. The van der Waals surface area contributed by atoms with Crippen molar-refractivity contribution in [3.63, 3.8) is 0 Å². The summed E-state index contributed by atoms with van der Waals surface area (Å²) in [6.07, 6.45) is 6.28. The Morgan fingerprint density at radius 2 is 1.28 bits per heavy atom. The molecule has 9 N–H and O–H groups in total. The number of carbonyl (C=O) groups is 6. The first-order chi connectivity index (χ1) is 23.5. The first kappa shape index (κ1) is 42.9. The van der Waals surface area contributed by atoms with Crippen LogP contribution in [-0.2, 0) is 33.5 Å². The molecule has 5 amide bonds. The number of hydrogen-bond donors (Lipinski definition) is 8. The van der Waals surface area contributed by atoms with Gasteiger partial charge >= 0.3 is 5.97 Å². The summed E-state index contributed by atoms with van der Waals surface area (Å²) in [7, 11) is 1.27. The van der Waals surface area contributed by atoms with Crippen LogP contribution in [0.25, 0.3) is 0 Å². The zero-order valence-corrected chi connectivity index (χ0v) is 30.8. The Morgan fingerprint density at radius 3 is 1.88 bits per heavy atom. The number of rotatable bonds is 18. The molecular weight excluding hydrogens is 648 g/mol. The largest absolute Gasteiger partial charge is 0.467 e. The van der Waals surface area contributed by atoms with Crippen molar-refractivity contribution >= 4 is 35.5 Å². The van der Waals surface area contributed by atoms with Crippen LogP contribution in [0, 0.1) is 29.6 Å². The molecule has 0 aromatic heterocycles. The van der Waals surface area contributed by atoms with Gasteiger partial charge in [0.05, 0.1) is 25.9 Å². The van der Waals surface area contributed by atoms with E-state index in [1.807, 2.05) is 27.7 Å². The van der Waals surface area contributed by atoms with Crippen molar-refractivity contribution in [1.82, 2.24) is 26.6 Å². The molecular formula is C35H62N6O9. The number of ether oxygens (including phenoxy) is 1. The van der Waals surface area contributed by atoms with Crippen molar-refractivity contribution in [2.45, 2.75) is 142 Å². The molecule has 2 rings (SSSR count). The molecule has 3 unspecified atom stereocenters. The summed E-state index contributed by atoms with van der Waals surface area (Å²) in [5.74, 6) is -3.36. The van der Waals surface area contributed by atoms with E-state index in [0.717, 1.165) is 51.4 Å². The van der Waals surface area contributed by atoms with Crippen LogP contribution in [0.2, 0.25) is 0 Å². The summed E-state index contributed by atoms with van der Waals surface area (Å²) >= 11 is 0. The van der Waals surface area contributed by atoms with Crippen molar-refractivity contribution in [2.24, 2.45) is 35.3 Å². The average Bonchev–Trinajstić information content (AvgIpc) is 3.54. The molecule has 50 heavy (non-hydrogen) atoms. The minimum absolute atomic E-state index is 0.00944. The summed E-state index contributed by atoms with van der Waals surface area (Å²) in [6, 6.07) is -5.21. The van der Waals surface area contributed by atoms with Gasteiger partial charge in [0.25, 0.3) is 0 Å². The Bertz CT molecular complexity index is 1170. The molecule has 2 aliphatic rings. The highest BCUT2D eigenvalue weighted by atomic mass is 16.5. The second-order valence-corrected chi connectivity index (χ2v) is 14.8. The lowest BCUT2D eigenvalue weighted by molar-refractivity contribution is -0.147. The normalized spacial score (nSPS) is 25.1. The molecule has 2 aliphatic carbocycles.